The first-order valence-electron chi connectivity index (χ1n) is 5.84. The van der Waals surface area contributed by atoms with Gasteiger partial charge in [0.05, 0.1) is 0 Å². The van der Waals surface area contributed by atoms with Gasteiger partial charge in [-0.2, -0.15) is 0 Å². The number of amides is 2. The van der Waals surface area contributed by atoms with Gasteiger partial charge in [-0.05, 0) is 31.9 Å². The highest BCUT2D eigenvalue weighted by Crippen LogP contribution is 2.46. The zero-order chi connectivity index (χ0) is 12.3. The molecule has 0 saturated heterocycles. The van der Waals surface area contributed by atoms with Crippen LogP contribution in [0.1, 0.15) is 19.8 Å². The third-order valence-electron chi connectivity index (χ3n) is 2.99. The van der Waals surface area contributed by atoms with Crippen LogP contribution in [-0.2, 0) is 9.59 Å². The molecule has 0 spiro atoms. The Hall–Kier alpha value is -1.84. The third kappa shape index (κ3) is 2.30. The number of carbonyl (C=O) groups excluding carboxylic acids is 2. The minimum Gasteiger partial charge on any atom is -0.355 e. The number of para-hydroxylation sites is 1. The minimum absolute atomic E-state index is 0.159. The second-order valence-corrected chi connectivity index (χ2v) is 4.26. The normalized spacial score (nSPS) is 16.1. The van der Waals surface area contributed by atoms with Crippen molar-refractivity contribution in [2.45, 2.75) is 19.8 Å². The SMILES string of the molecule is CCNC(=O)C1(C(=O)Nc2ccccc2)CC1. The van der Waals surface area contributed by atoms with Crippen molar-refractivity contribution in [1.29, 1.82) is 0 Å². The van der Waals surface area contributed by atoms with E-state index >= 15 is 0 Å². The lowest BCUT2D eigenvalue weighted by Gasteiger charge is -2.14. The molecule has 0 aromatic heterocycles. The molecule has 1 fully saturated rings. The second-order valence-electron chi connectivity index (χ2n) is 4.26. The van der Waals surface area contributed by atoms with Gasteiger partial charge in [0.2, 0.25) is 11.8 Å². The van der Waals surface area contributed by atoms with Crippen molar-refractivity contribution in [2.24, 2.45) is 5.41 Å². The van der Waals surface area contributed by atoms with E-state index in [4.69, 9.17) is 0 Å². The van der Waals surface area contributed by atoms with Crippen LogP contribution in [0.3, 0.4) is 0 Å². The molecule has 2 N–H and O–H groups in total. The number of benzene rings is 1. The fourth-order valence-corrected chi connectivity index (χ4v) is 1.78. The van der Waals surface area contributed by atoms with Crippen molar-refractivity contribution in [3.8, 4) is 0 Å². The van der Waals surface area contributed by atoms with Crippen LogP contribution in [0.5, 0.6) is 0 Å². The number of rotatable bonds is 4. The van der Waals surface area contributed by atoms with Gasteiger partial charge < -0.3 is 10.6 Å². The zero-order valence-corrected chi connectivity index (χ0v) is 9.82. The first kappa shape index (κ1) is 11.6. The van der Waals surface area contributed by atoms with E-state index < -0.39 is 5.41 Å². The number of hydrogen-bond acceptors (Lipinski definition) is 2. The van der Waals surface area contributed by atoms with E-state index in [9.17, 15) is 9.59 Å². The van der Waals surface area contributed by atoms with Gasteiger partial charge in [0.25, 0.3) is 0 Å². The Bertz CT molecular complexity index is 424. The molecule has 0 bridgehead atoms. The maximum absolute atomic E-state index is 12.0. The Balaban J connectivity index is 2.03. The number of nitrogens with one attached hydrogen (secondary N) is 2. The van der Waals surface area contributed by atoms with Gasteiger partial charge in [-0.3, -0.25) is 9.59 Å². The molecule has 1 aromatic rings. The molecule has 2 rings (SSSR count). The van der Waals surface area contributed by atoms with E-state index in [1.807, 2.05) is 37.3 Å². The molecular weight excluding hydrogens is 216 g/mol. The molecule has 1 aromatic carbocycles. The van der Waals surface area contributed by atoms with Crippen molar-refractivity contribution in [1.82, 2.24) is 5.32 Å². The number of hydrogen-bond donors (Lipinski definition) is 2. The minimum atomic E-state index is -0.828. The summed E-state index contributed by atoms with van der Waals surface area (Å²) in [5, 5.41) is 5.50. The molecule has 4 nitrogen and oxygen atoms in total. The van der Waals surface area contributed by atoms with E-state index in [-0.39, 0.29) is 11.8 Å². The lowest BCUT2D eigenvalue weighted by molar-refractivity contribution is -0.134. The molecule has 0 radical (unpaired) electrons. The largest absolute Gasteiger partial charge is 0.355 e. The van der Waals surface area contributed by atoms with Gasteiger partial charge >= 0.3 is 0 Å². The summed E-state index contributed by atoms with van der Waals surface area (Å²) < 4.78 is 0. The second kappa shape index (κ2) is 4.57. The topological polar surface area (TPSA) is 58.2 Å². The van der Waals surface area contributed by atoms with Gasteiger partial charge in [0.15, 0.2) is 0 Å². The Morgan fingerprint density at radius 1 is 1.18 bits per heavy atom. The van der Waals surface area contributed by atoms with Crippen molar-refractivity contribution in [3.05, 3.63) is 30.3 Å². The van der Waals surface area contributed by atoms with Crippen LogP contribution in [-0.4, -0.2) is 18.4 Å². The molecule has 1 aliphatic carbocycles. The molecule has 2 amide bonds. The summed E-state index contributed by atoms with van der Waals surface area (Å²) in [5.41, 5.74) is -0.0978. The molecule has 0 aliphatic heterocycles. The first-order valence-corrected chi connectivity index (χ1v) is 5.84. The van der Waals surface area contributed by atoms with E-state index in [0.29, 0.717) is 19.4 Å². The summed E-state index contributed by atoms with van der Waals surface area (Å²) in [5.74, 6) is -0.358. The predicted molar refractivity (Wildman–Crippen MR) is 65.4 cm³/mol. The summed E-state index contributed by atoms with van der Waals surface area (Å²) in [6, 6.07) is 9.20. The zero-order valence-electron chi connectivity index (χ0n) is 9.82. The lowest BCUT2D eigenvalue weighted by Crippen LogP contribution is -2.39. The average Bonchev–Trinajstić information content (AvgIpc) is 3.12. The summed E-state index contributed by atoms with van der Waals surface area (Å²) in [6.45, 7) is 2.41. The van der Waals surface area contributed by atoms with Crippen molar-refractivity contribution in [3.63, 3.8) is 0 Å². The molecule has 0 atom stereocenters. The Kier molecular flexibility index (Phi) is 3.13. The molecule has 0 unspecified atom stereocenters. The van der Waals surface area contributed by atoms with Gasteiger partial charge in [-0.1, -0.05) is 18.2 Å². The average molecular weight is 232 g/mol. The van der Waals surface area contributed by atoms with Crippen LogP contribution in [0.2, 0.25) is 0 Å². The number of carbonyl (C=O) groups is 2. The van der Waals surface area contributed by atoms with Crippen LogP contribution in [0.15, 0.2) is 30.3 Å². The Morgan fingerprint density at radius 3 is 2.35 bits per heavy atom. The molecule has 1 saturated carbocycles. The van der Waals surface area contributed by atoms with Gasteiger partial charge in [0, 0.05) is 12.2 Å². The van der Waals surface area contributed by atoms with Crippen LogP contribution < -0.4 is 10.6 Å². The van der Waals surface area contributed by atoms with Gasteiger partial charge in [-0.15, -0.1) is 0 Å². The first-order chi connectivity index (χ1) is 8.19. The summed E-state index contributed by atoms with van der Waals surface area (Å²) >= 11 is 0. The summed E-state index contributed by atoms with van der Waals surface area (Å²) in [7, 11) is 0. The van der Waals surface area contributed by atoms with Crippen molar-refractivity contribution >= 4 is 17.5 Å². The molecule has 1 aliphatic rings. The fourth-order valence-electron chi connectivity index (χ4n) is 1.78. The van der Waals surface area contributed by atoms with E-state index in [1.165, 1.54) is 0 Å². The van der Waals surface area contributed by atoms with Gasteiger partial charge in [0.1, 0.15) is 5.41 Å². The summed E-state index contributed by atoms with van der Waals surface area (Å²) in [4.78, 5) is 23.8. The molecule has 4 heteroatoms. The predicted octanol–water partition coefficient (Wildman–Crippen LogP) is 1.54. The van der Waals surface area contributed by atoms with Gasteiger partial charge in [-0.25, -0.2) is 0 Å². The van der Waals surface area contributed by atoms with Crippen LogP contribution >= 0.6 is 0 Å². The standard InChI is InChI=1S/C13H16N2O2/c1-2-14-11(16)13(8-9-13)12(17)15-10-6-4-3-5-7-10/h3-7H,2,8-9H2,1H3,(H,14,16)(H,15,17). The maximum Gasteiger partial charge on any atom is 0.240 e. The van der Waals surface area contributed by atoms with Crippen LogP contribution in [0.4, 0.5) is 5.69 Å². The van der Waals surface area contributed by atoms with Crippen LogP contribution in [0, 0.1) is 5.41 Å². The Labute approximate surface area is 100 Å². The molecular formula is C13H16N2O2. The molecule has 90 valence electrons. The smallest absolute Gasteiger partial charge is 0.240 e. The highest BCUT2D eigenvalue weighted by molar-refractivity contribution is 6.13. The van der Waals surface area contributed by atoms with Crippen molar-refractivity contribution in [2.75, 3.05) is 11.9 Å². The van der Waals surface area contributed by atoms with E-state index in [1.54, 1.807) is 0 Å². The summed E-state index contributed by atoms with van der Waals surface area (Å²) in [6.07, 6.45) is 1.27. The van der Waals surface area contributed by atoms with Crippen molar-refractivity contribution < 1.29 is 9.59 Å². The van der Waals surface area contributed by atoms with Crippen LogP contribution in [0.25, 0.3) is 0 Å². The third-order valence-corrected chi connectivity index (χ3v) is 2.99. The fraction of sp³-hybridized carbons (Fsp3) is 0.385. The monoisotopic (exact) mass is 232 g/mol. The van der Waals surface area contributed by atoms with E-state index in [0.717, 1.165) is 5.69 Å². The molecule has 17 heavy (non-hydrogen) atoms. The maximum atomic E-state index is 12.0. The van der Waals surface area contributed by atoms with E-state index in [2.05, 4.69) is 10.6 Å². The Morgan fingerprint density at radius 2 is 1.82 bits per heavy atom. The highest BCUT2D eigenvalue weighted by Gasteiger charge is 2.56. The lowest BCUT2D eigenvalue weighted by atomic mass is 10.1. The number of anilines is 1. The quantitative estimate of drug-likeness (QED) is 0.774. The molecule has 0 heterocycles. The highest BCUT2D eigenvalue weighted by atomic mass is 16.2.